The van der Waals surface area contributed by atoms with Crippen molar-refractivity contribution in [2.45, 2.75) is 33.2 Å². The molecule has 0 saturated heterocycles. The summed E-state index contributed by atoms with van der Waals surface area (Å²) in [5.41, 5.74) is -0.146. The molecule has 0 aromatic rings. The first-order valence-corrected chi connectivity index (χ1v) is 3.96. The van der Waals surface area contributed by atoms with Crippen LogP contribution in [0.15, 0.2) is 11.6 Å². The fraction of sp³-hybridized carbons (Fsp3) is 0.556. The van der Waals surface area contributed by atoms with Crippen LogP contribution in [0.1, 0.15) is 27.7 Å². The summed E-state index contributed by atoms with van der Waals surface area (Å²) >= 11 is 0. The third-order valence-corrected chi connectivity index (χ3v) is 1.19. The third kappa shape index (κ3) is 5.90. The van der Waals surface area contributed by atoms with Crippen LogP contribution >= 0.6 is 0 Å². The maximum atomic E-state index is 11.3. The first-order valence-electron chi connectivity index (χ1n) is 3.96. The van der Waals surface area contributed by atoms with E-state index in [1.807, 2.05) is 20.8 Å². The van der Waals surface area contributed by atoms with Crippen molar-refractivity contribution >= 4 is 11.9 Å². The molecule has 0 heterocycles. The predicted molar refractivity (Wildman–Crippen MR) is 49.3 cm³/mol. The van der Waals surface area contributed by atoms with Crippen LogP contribution in [0.4, 0.5) is 0 Å². The van der Waals surface area contributed by atoms with Gasteiger partial charge < -0.3 is 10.4 Å². The van der Waals surface area contributed by atoms with Crippen molar-refractivity contribution in [3.8, 4) is 0 Å². The smallest absolute Gasteiger partial charge is 0.328 e. The van der Waals surface area contributed by atoms with Crippen LogP contribution < -0.4 is 5.32 Å². The number of aliphatic carboxylic acids is 1. The second kappa shape index (κ2) is 4.07. The highest BCUT2D eigenvalue weighted by Gasteiger charge is 2.14. The van der Waals surface area contributed by atoms with Crippen molar-refractivity contribution in [3.63, 3.8) is 0 Å². The predicted octanol–water partition coefficient (Wildman–Crippen LogP) is 0.932. The molecular weight excluding hydrogens is 170 g/mol. The van der Waals surface area contributed by atoms with Crippen molar-refractivity contribution in [1.82, 2.24) is 5.32 Å². The lowest BCUT2D eigenvalue weighted by Gasteiger charge is -2.20. The minimum Gasteiger partial charge on any atom is -0.478 e. The van der Waals surface area contributed by atoms with Gasteiger partial charge in [-0.3, -0.25) is 4.79 Å². The first-order chi connectivity index (χ1) is 5.72. The maximum Gasteiger partial charge on any atom is 0.328 e. The van der Waals surface area contributed by atoms with Gasteiger partial charge in [-0.1, -0.05) is 0 Å². The molecule has 0 spiro atoms. The molecule has 0 aromatic heterocycles. The normalized spacial score (nSPS) is 12.5. The molecule has 0 atom stereocenters. The van der Waals surface area contributed by atoms with E-state index < -0.39 is 5.97 Å². The number of carbonyl (C=O) groups excluding carboxylic acids is 1. The van der Waals surface area contributed by atoms with E-state index in [1.54, 1.807) is 0 Å². The molecule has 0 aliphatic carbocycles. The van der Waals surface area contributed by atoms with Crippen molar-refractivity contribution in [2.24, 2.45) is 0 Å². The number of amides is 1. The largest absolute Gasteiger partial charge is 0.478 e. The fourth-order valence-electron chi connectivity index (χ4n) is 0.690. The molecule has 1 amide bonds. The van der Waals surface area contributed by atoms with Gasteiger partial charge in [0, 0.05) is 17.2 Å². The fourth-order valence-corrected chi connectivity index (χ4v) is 0.690. The molecule has 0 aromatic carbocycles. The molecule has 4 heteroatoms. The molecule has 0 bridgehead atoms. The SMILES string of the molecule is C/C(=C/C(=O)O)C(=O)NC(C)(C)C. The van der Waals surface area contributed by atoms with E-state index in [-0.39, 0.29) is 17.0 Å². The zero-order valence-electron chi connectivity index (χ0n) is 8.34. The number of carbonyl (C=O) groups is 2. The van der Waals surface area contributed by atoms with Crippen molar-refractivity contribution < 1.29 is 14.7 Å². The Hall–Kier alpha value is -1.32. The van der Waals surface area contributed by atoms with Crippen molar-refractivity contribution in [1.29, 1.82) is 0 Å². The van der Waals surface area contributed by atoms with E-state index in [0.29, 0.717) is 0 Å². The van der Waals surface area contributed by atoms with Crippen LogP contribution in [0.25, 0.3) is 0 Å². The van der Waals surface area contributed by atoms with E-state index in [0.717, 1.165) is 6.08 Å². The molecule has 74 valence electrons. The van der Waals surface area contributed by atoms with Crippen LogP contribution in [0.2, 0.25) is 0 Å². The van der Waals surface area contributed by atoms with E-state index >= 15 is 0 Å². The minimum absolute atomic E-state index is 0.197. The van der Waals surface area contributed by atoms with Crippen LogP contribution in [-0.2, 0) is 9.59 Å². The molecule has 0 unspecified atom stereocenters. The average Bonchev–Trinajstić information content (AvgIpc) is 1.81. The summed E-state index contributed by atoms with van der Waals surface area (Å²) < 4.78 is 0. The standard InChI is InChI=1S/C9H15NO3/c1-6(5-7(11)12)8(13)10-9(2,3)4/h5H,1-4H3,(H,10,13)(H,11,12)/b6-5-. The Bertz CT molecular complexity index is 248. The highest BCUT2D eigenvalue weighted by atomic mass is 16.4. The summed E-state index contributed by atoms with van der Waals surface area (Å²) in [6.45, 7) is 6.96. The second-order valence-electron chi connectivity index (χ2n) is 3.87. The highest BCUT2D eigenvalue weighted by Crippen LogP contribution is 2.01. The highest BCUT2D eigenvalue weighted by molar-refractivity contribution is 5.98. The van der Waals surface area contributed by atoms with Crippen LogP contribution in [-0.4, -0.2) is 22.5 Å². The first kappa shape index (κ1) is 11.7. The van der Waals surface area contributed by atoms with Gasteiger partial charge >= 0.3 is 5.97 Å². The van der Waals surface area contributed by atoms with Gasteiger partial charge in [-0.25, -0.2) is 4.79 Å². The molecular formula is C9H15NO3. The number of rotatable bonds is 2. The summed E-state index contributed by atoms with van der Waals surface area (Å²) in [5, 5.41) is 11.0. The molecule has 0 aliphatic heterocycles. The molecule has 0 fully saturated rings. The Morgan fingerprint density at radius 2 is 1.77 bits per heavy atom. The van der Waals surface area contributed by atoms with E-state index in [4.69, 9.17) is 5.11 Å². The Balaban J connectivity index is 4.37. The second-order valence-corrected chi connectivity index (χ2v) is 3.87. The van der Waals surface area contributed by atoms with Gasteiger partial charge in [0.05, 0.1) is 0 Å². The lowest BCUT2D eigenvalue weighted by atomic mass is 10.1. The zero-order valence-corrected chi connectivity index (χ0v) is 8.34. The zero-order chi connectivity index (χ0) is 10.6. The average molecular weight is 185 g/mol. The van der Waals surface area contributed by atoms with Crippen LogP contribution in [0.5, 0.6) is 0 Å². The molecule has 0 saturated carbocycles. The molecule has 0 aliphatic rings. The Morgan fingerprint density at radius 1 is 1.31 bits per heavy atom. The van der Waals surface area contributed by atoms with Crippen molar-refractivity contribution in [2.75, 3.05) is 0 Å². The summed E-state index contributed by atoms with van der Waals surface area (Å²) in [7, 11) is 0. The maximum absolute atomic E-state index is 11.3. The van der Waals surface area contributed by atoms with E-state index in [1.165, 1.54) is 6.92 Å². The van der Waals surface area contributed by atoms with Gasteiger partial charge in [0.15, 0.2) is 0 Å². The topological polar surface area (TPSA) is 66.4 Å². The van der Waals surface area contributed by atoms with Crippen molar-refractivity contribution in [3.05, 3.63) is 11.6 Å². The van der Waals surface area contributed by atoms with Gasteiger partial charge in [-0.2, -0.15) is 0 Å². The van der Waals surface area contributed by atoms with Crippen LogP contribution in [0, 0.1) is 0 Å². The Labute approximate surface area is 77.6 Å². The van der Waals surface area contributed by atoms with E-state index in [2.05, 4.69) is 5.32 Å². The van der Waals surface area contributed by atoms with Gasteiger partial charge in [-0.15, -0.1) is 0 Å². The third-order valence-electron chi connectivity index (χ3n) is 1.19. The summed E-state index contributed by atoms with van der Waals surface area (Å²) in [5.74, 6) is -1.46. The number of nitrogens with one attached hydrogen (secondary N) is 1. The number of hydrogen-bond donors (Lipinski definition) is 2. The monoisotopic (exact) mass is 185 g/mol. The summed E-state index contributed by atoms with van der Waals surface area (Å²) in [6, 6.07) is 0. The van der Waals surface area contributed by atoms with Crippen LogP contribution in [0.3, 0.4) is 0 Å². The Kier molecular flexibility index (Phi) is 3.66. The number of carboxylic acids is 1. The molecule has 4 nitrogen and oxygen atoms in total. The molecule has 0 radical (unpaired) electrons. The van der Waals surface area contributed by atoms with Gasteiger partial charge in [0.2, 0.25) is 5.91 Å². The Morgan fingerprint density at radius 3 is 2.08 bits per heavy atom. The quantitative estimate of drug-likeness (QED) is 0.629. The minimum atomic E-state index is -1.11. The molecule has 0 rings (SSSR count). The lowest BCUT2D eigenvalue weighted by molar-refractivity contribution is -0.132. The lowest BCUT2D eigenvalue weighted by Crippen LogP contribution is -2.41. The summed E-state index contributed by atoms with van der Waals surface area (Å²) in [6.07, 6.45) is 0.890. The number of hydrogen-bond acceptors (Lipinski definition) is 2. The molecule has 13 heavy (non-hydrogen) atoms. The summed E-state index contributed by atoms with van der Waals surface area (Å²) in [4.78, 5) is 21.5. The molecule has 2 N–H and O–H groups in total. The number of carboxylic acid groups (broad SMARTS) is 1. The van der Waals surface area contributed by atoms with Gasteiger partial charge in [-0.05, 0) is 27.7 Å². The van der Waals surface area contributed by atoms with Gasteiger partial charge in [0.1, 0.15) is 0 Å². The van der Waals surface area contributed by atoms with E-state index in [9.17, 15) is 9.59 Å². The van der Waals surface area contributed by atoms with Gasteiger partial charge in [0.25, 0.3) is 0 Å².